The van der Waals surface area contributed by atoms with Gasteiger partial charge in [0.25, 0.3) is 11.8 Å². The van der Waals surface area contributed by atoms with Gasteiger partial charge in [-0.1, -0.05) is 37.2 Å². The number of anilines is 1. The van der Waals surface area contributed by atoms with Gasteiger partial charge in [-0.25, -0.2) is 4.39 Å². The van der Waals surface area contributed by atoms with Crippen molar-refractivity contribution in [2.24, 2.45) is 11.8 Å². The standard InChI is InChI=1S/C35H46FN9O4S/c1-5-45-27(12-15-38-45)31(46)41-30(23-8-6-21(2)7-9-23)33(48)39-26-11-10-24(18-25(26)36)22(3)29(40-32(47)28-19-37-42-50-28)34(49)44-17-16-43(4)35(20-44)13-14-35/h10-12,15,18-19,21-23,29-30H,5-9,13-14,16-17,20H2,1-4H3,(H,39,48)(H,40,47)(H,41,46)/t21-,22-,23-,29+,30-/m0/s1. The first-order chi connectivity index (χ1) is 24.0. The number of likely N-dealkylation sites (N-methyl/N-ethyl adjacent to an activating group) is 1. The molecule has 3 aromatic rings. The molecular formula is C35H46FN9O4S. The minimum atomic E-state index is -0.978. The molecule has 2 aromatic heterocycles. The van der Waals surface area contributed by atoms with E-state index in [1.165, 1.54) is 18.3 Å². The van der Waals surface area contributed by atoms with Crippen LogP contribution in [0.15, 0.2) is 36.7 Å². The summed E-state index contributed by atoms with van der Waals surface area (Å²) in [4.78, 5) is 58.7. The molecule has 2 saturated carbocycles. The molecule has 1 saturated heterocycles. The third kappa shape index (κ3) is 7.58. The minimum absolute atomic E-state index is 0.0241. The fraction of sp³-hybridized carbons (Fsp3) is 0.571. The summed E-state index contributed by atoms with van der Waals surface area (Å²) in [7, 11) is 2.07. The lowest BCUT2D eigenvalue weighted by molar-refractivity contribution is -0.137. The zero-order valence-corrected chi connectivity index (χ0v) is 29.8. The fourth-order valence-corrected chi connectivity index (χ4v) is 7.76. The summed E-state index contributed by atoms with van der Waals surface area (Å²) in [6.45, 7) is 8.16. The summed E-state index contributed by atoms with van der Waals surface area (Å²) in [5, 5.41) is 16.4. The van der Waals surface area contributed by atoms with Crippen molar-refractivity contribution in [1.29, 1.82) is 0 Å². The first-order valence-electron chi connectivity index (χ1n) is 17.5. The predicted octanol–water partition coefficient (Wildman–Crippen LogP) is 3.67. The Bertz CT molecular complexity index is 1700. The Morgan fingerprint density at radius 3 is 2.48 bits per heavy atom. The number of aromatic nitrogens is 4. The largest absolute Gasteiger partial charge is 0.339 e. The molecule has 15 heteroatoms. The summed E-state index contributed by atoms with van der Waals surface area (Å²) in [5.41, 5.74) is 0.774. The van der Waals surface area contributed by atoms with E-state index >= 15 is 4.39 Å². The van der Waals surface area contributed by atoms with Crippen LogP contribution in [0.1, 0.15) is 90.9 Å². The highest BCUT2D eigenvalue weighted by molar-refractivity contribution is 7.07. The maximum Gasteiger partial charge on any atom is 0.270 e. The normalized spacial score (nSPS) is 22.0. The Balaban J connectivity index is 1.20. The number of rotatable bonds is 11. The Kier molecular flexibility index (Phi) is 10.6. The van der Waals surface area contributed by atoms with Gasteiger partial charge >= 0.3 is 0 Å². The van der Waals surface area contributed by atoms with E-state index in [-0.39, 0.29) is 27.9 Å². The molecule has 0 bridgehead atoms. The summed E-state index contributed by atoms with van der Waals surface area (Å²) >= 11 is 0.929. The summed E-state index contributed by atoms with van der Waals surface area (Å²) < 4.78 is 21.2. The Labute approximate surface area is 295 Å². The van der Waals surface area contributed by atoms with Crippen LogP contribution < -0.4 is 16.0 Å². The van der Waals surface area contributed by atoms with Gasteiger partial charge in [-0.2, -0.15) is 5.10 Å². The van der Waals surface area contributed by atoms with E-state index in [0.29, 0.717) is 36.8 Å². The van der Waals surface area contributed by atoms with Crippen molar-refractivity contribution in [2.75, 3.05) is 32.0 Å². The van der Waals surface area contributed by atoms with Crippen molar-refractivity contribution in [3.05, 3.63) is 58.6 Å². The number of carbonyl (C=O) groups excluding carboxylic acids is 4. The average molecular weight is 708 g/mol. The van der Waals surface area contributed by atoms with E-state index in [0.717, 1.165) is 56.6 Å². The summed E-state index contributed by atoms with van der Waals surface area (Å²) in [6, 6.07) is 4.19. The fourth-order valence-electron chi connectivity index (χ4n) is 7.34. The molecule has 3 aliphatic rings. The van der Waals surface area contributed by atoms with Crippen molar-refractivity contribution >= 4 is 40.8 Å². The number of aryl methyl sites for hydroxylation is 1. The van der Waals surface area contributed by atoms with Crippen molar-refractivity contribution in [1.82, 2.24) is 39.8 Å². The van der Waals surface area contributed by atoms with Gasteiger partial charge in [0, 0.05) is 43.8 Å². The van der Waals surface area contributed by atoms with Crippen LogP contribution >= 0.6 is 11.5 Å². The maximum atomic E-state index is 15.9. The Hall–Kier alpha value is -4.24. The lowest BCUT2D eigenvalue weighted by Gasteiger charge is -2.42. The van der Waals surface area contributed by atoms with Gasteiger partial charge < -0.3 is 20.9 Å². The Morgan fingerprint density at radius 1 is 1.06 bits per heavy atom. The molecule has 0 radical (unpaired) electrons. The number of hydrogen-bond acceptors (Lipinski definition) is 9. The summed E-state index contributed by atoms with van der Waals surface area (Å²) in [5.74, 6) is -2.48. The monoisotopic (exact) mass is 707 g/mol. The topological polar surface area (TPSA) is 154 Å². The SMILES string of the molecule is CCn1nccc1C(=O)N[C@H](C(=O)Nc1ccc([C@H](C)[C@@H](NC(=O)c2cnns2)C(=O)N2CCN(C)C3(CC3)C2)cc1F)[C@H]1CC[C@H](C)CC1. The second-order valence-corrected chi connectivity index (χ2v) is 14.9. The van der Waals surface area contributed by atoms with Gasteiger partial charge in [0.1, 0.15) is 28.5 Å². The highest BCUT2D eigenvalue weighted by atomic mass is 32.1. The van der Waals surface area contributed by atoms with Crippen LogP contribution in [0.25, 0.3) is 0 Å². The zero-order chi connectivity index (χ0) is 35.6. The number of piperazine rings is 1. The number of amides is 4. The molecule has 1 spiro atoms. The van der Waals surface area contributed by atoms with Crippen molar-refractivity contribution in [3.8, 4) is 0 Å². The maximum absolute atomic E-state index is 15.9. The summed E-state index contributed by atoms with van der Waals surface area (Å²) in [6.07, 6.45) is 8.31. The van der Waals surface area contributed by atoms with Gasteiger partial charge in [0.2, 0.25) is 11.8 Å². The molecule has 1 aromatic carbocycles. The van der Waals surface area contributed by atoms with Crippen molar-refractivity contribution in [3.63, 3.8) is 0 Å². The van der Waals surface area contributed by atoms with Gasteiger partial charge in [-0.05, 0) is 86.8 Å². The van der Waals surface area contributed by atoms with Gasteiger partial charge in [-0.15, -0.1) is 5.10 Å². The second kappa shape index (κ2) is 14.9. The van der Waals surface area contributed by atoms with E-state index in [4.69, 9.17) is 0 Å². The number of halogens is 1. The van der Waals surface area contributed by atoms with E-state index in [9.17, 15) is 19.2 Å². The second-order valence-electron chi connectivity index (χ2n) is 14.2. The van der Waals surface area contributed by atoms with Gasteiger partial charge in [-0.3, -0.25) is 28.8 Å². The minimum Gasteiger partial charge on any atom is -0.339 e. The van der Waals surface area contributed by atoms with Gasteiger partial charge in [0.05, 0.1) is 11.9 Å². The van der Waals surface area contributed by atoms with Gasteiger partial charge in [0.15, 0.2) is 0 Å². The van der Waals surface area contributed by atoms with Crippen LogP contribution in [-0.4, -0.2) is 97.1 Å². The molecule has 3 atom stereocenters. The smallest absolute Gasteiger partial charge is 0.270 e. The molecule has 268 valence electrons. The lowest BCUT2D eigenvalue weighted by atomic mass is 9.79. The van der Waals surface area contributed by atoms with E-state index in [2.05, 4.69) is 49.5 Å². The van der Waals surface area contributed by atoms with Crippen LogP contribution in [0.4, 0.5) is 10.1 Å². The van der Waals surface area contributed by atoms with Crippen molar-refractivity contribution in [2.45, 2.75) is 89.4 Å². The third-order valence-corrected chi connectivity index (χ3v) is 11.6. The quantitative estimate of drug-likeness (QED) is 0.273. The number of benzene rings is 1. The van der Waals surface area contributed by atoms with Crippen LogP contribution in [0.2, 0.25) is 0 Å². The predicted molar refractivity (Wildman–Crippen MR) is 186 cm³/mol. The molecule has 3 fully saturated rings. The molecule has 3 heterocycles. The molecule has 13 nitrogen and oxygen atoms in total. The number of hydrogen-bond donors (Lipinski definition) is 3. The van der Waals surface area contributed by atoms with Crippen LogP contribution in [0, 0.1) is 17.7 Å². The average Bonchev–Trinajstić information content (AvgIpc) is 3.46. The Morgan fingerprint density at radius 2 is 1.82 bits per heavy atom. The van der Waals surface area contributed by atoms with E-state index in [1.54, 1.807) is 34.8 Å². The third-order valence-electron chi connectivity index (χ3n) is 10.9. The van der Waals surface area contributed by atoms with Crippen molar-refractivity contribution < 1.29 is 23.6 Å². The lowest BCUT2D eigenvalue weighted by Crippen LogP contribution is -2.59. The first kappa shape index (κ1) is 35.6. The number of carbonyl (C=O) groups is 4. The molecule has 0 unspecified atom stereocenters. The molecule has 2 aliphatic carbocycles. The molecule has 4 amide bonds. The number of nitrogens with zero attached hydrogens (tertiary/aromatic N) is 6. The highest BCUT2D eigenvalue weighted by Crippen LogP contribution is 2.43. The first-order valence-corrected chi connectivity index (χ1v) is 18.3. The molecule has 6 rings (SSSR count). The number of nitrogens with one attached hydrogen (secondary N) is 3. The van der Waals surface area contributed by atoms with E-state index < -0.39 is 41.5 Å². The molecule has 50 heavy (non-hydrogen) atoms. The molecule has 1 aliphatic heterocycles. The van der Waals surface area contributed by atoms with Crippen LogP contribution in [0.3, 0.4) is 0 Å². The molecular weight excluding hydrogens is 662 g/mol. The zero-order valence-electron chi connectivity index (χ0n) is 29.0. The van der Waals surface area contributed by atoms with Crippen LogP contribution in [-0.2, 0) is 16.1 Å². The van der Waals surface area contributed by atoms with Crippen LogP contribution in [0.5, 0.6) is 0 Å². The van der Waals surface area contributed by atoms with E-state index in [1.807, 2.05) is 6.92 Å². The molecule has 3 N–H and O–H groups in total. The highest BCUT2D eigenvalue weighted by Gasteiger charge is 2.51.